The molecule has 0 aliphatic carbocycles. The van der Waals surface area contributed by atoms with Crippen LogP contribution >= 0.6 is 0 Å². The zero-order chi connectivity index (χ0) is 11.8. The lowest BCUT2D eigenvalue weighted by Crippen LogP contribution is -2.19. The van der Waals surface area contributed by atoms with Gasteiger partial charge in [-0.05, 0) is 32.5 Å². The maximum absolute atomic E-state index is 5.70. The number of hydrogen-bond donors (Lipinski definition) is 2. The first-order chi connectivity index (χ1) is 8.29. The fraction of sp³-hybridized carbons (Fsp3) is 0.500. The quantitative estimate of drug-likeness (QED) is 0.814. The molecule has 0 bridgehead atoms. The number of aromatic nitrogens is 3. The Morgan fingerprint density at radius 1 is 1.59 bits per heavy atom. The van der Waals surface area contributed by atoms with Crippen molar-refractivity contribution in [3.05, 3.63) is 23.8 Å². The highest BCUT2D eigenvalue weighted by Gasteiger charge is 2.26. The summed E-state index contributed by atoms with van der Waals surface area (Å²) in [6.07, 6.45) is 4.10. The van der Waals surface area contributed by atoms with Crippen molar-refractivity contribution in [2.24, 2.45) is 5.73 Å². The van der Waals surface area contributed by atoms with Crippen LogP contribution in [0.5, 0.6) is 0 Å². The van der Waals surface area contributed by atoms with Crippen molar-refractivity contribution in [1.82, 2.24) is 19.9 Å². The van der Waals surface area contributed by atoms with E-state index in [1.807, 2.05) is 6.07 Å². The molecule has 3 rings (SSSR count). The maximum atomic E-state index is 5.70. The van der Waals surface area contributed by atoms with E-state index in [4.69, 9.17) is 5.73 Å². The van der Waals surface area contributed by atoms with Crippen LogP contribution in [0.2, 0.25) is 0 Å². The Bertz CT molecular complexity index is 533. The summed E-state index contributed by atoms with van der Waals surface area (Å²) in [6, 6.07) is 2.37. The molecular formula is C12H17N5. The third kappa shape index (κ3) is 1.71. The summed E-state index contributed by atoms with van der Waals surface area (Å²) >= 11 is 0. The Kier molecular flexibility index (Phi) is 2.57. The molecule has 1 fully saturated rings. The molecule has 2 aromatic heterocycles. The van der Waals surface area contributed by atoms with Crippen LogP contribution in [0.4, 0.5) is 0 Å². The average molecular weight is 231 g/mol. The minimum absolute atomic E-state index is 0.382. The molecule has 5 nitrogen and oxygen atoms in total. The Hall–Kier alpha value is -1.46. The number of H-pyrrole nitrogens is 1. The summed E-state index contributed by atoms with van der Waals surface area (Å²) < 4.78 is 0. The monoisotopic (exact) mass is 231 g/mol. The van der Waals surface area contributed by atoms with Crippen LogP contribution in [0.1, 0.15) is 30.3 Å². The third-order valence-electron chi connectivity index (χ3n) is 3.53. The van der Waals surface area contributed by atoms with Crippen molar-refractivity contribution in [2.45, 2.75) is 25.4 Å². The molecule has 17 heavy (non-hydrogen) atoms. The molecule has 2 aromatic rings. The molecule has 1 aliphatic heterocycles. The number of likely N-dealkylation sites (tertiary alicyclic amines) is 1. The van der Waals surface area contributed by atoms with Crippen molar-refractivity contribution in [3.63, 3.8) is 0 Å². The van der Waals surface area contributed by atoms with Crippen LogP contribution in [0.25, 0.3) is 11.0 Å². The minimum atomic E-state index is 0.382. The van der Waals surface area contributed by atoms with E-state index in [-0.39, 0.29) is 0 Å². The van der Waals surface area contributed by atoms with E-state index in [1.165, 1.54) is 6.42 Å². The zero-order valence-corrected chi connectivity index (χ0v) is 9.98. The number of imidazole rings is 1. The summed E-state index contributed by atoms with van der Waals surface area (Å²) in [5.41, 5.74) is 9.73. The standard InChI is InChI=1S/C12H17N5/c1-17-4-2-3-10(17)12-11-9(14-7-15-11)5-8(6-13)16-12/h5,7,10H,2-4,6,13H2,1H3,(H,14,15). The summed E-state index contributed by atoms with van der Waals surface area (Å²) in [6.45, 7) is 1.60. The number of rotatable bonds is 2. The molecule has 1 atom stereocenters. The Morgan fingerprint density at radius 3 is 3.18 bits per heavy atom. The molecule has 90 valence electrons. The van der Waals surface area contributed by atoms with Crippen molar-refractivity contribution in [1.29, 1.82) is 0 Å². The first kappa shape index (κ1) is 10.7. The highest BCUT2D eigenvalue weighted by Crippen LogP contribution is 2.32. The van der Waals surface area contributed by atoms with Gasteiger partial charge in [0.25, 0.3) is 0 Å². The van der Waals surface area contributed by atoms with Gasteiger partial charge >= 0.3 is 0 Å². The van der Waals surface area contributed by atoms with E-state index in [0.717, 1.165) is 35.4 Å². The molecular weight excluding hydrogens is 214 g/mol. The second kappa shape index (κ2) is 4.09. The van der Waals surface area contributed by atoms with Crippen LogP contribution in [0.15, 0.2) is 12.4 Å². The van der Waals surface area contributed by atoms with Gasteiger partial charge in [0.2, 0.25) is 0 Å². The molecule has 0 aromatic carbocycles. The van der Waals surface area contributed by atoms with Gasteiger partial charge in [-0.15, -0.1) is 0 Å². The lowest BCUT2D eigenvalue weighted by Gasteiger charge is -2.19. The van der Waals surface area contributed by atoms with E-state index in [2.05, 4.69) is 26.9 Å². The summed E-state index contributed by atoms with van der Waals surface area (Å²) in [4.78, 5) is 14.6. The number of fused-ring (bicyclic) bond motifs is 1. The largest absolute Gasteiger partial charge is 0.344 e. The van der Waals surface area contributed by atoms with Gasteiger partial charge in [-0.3, -0.25) is 9.88 Å². The van der Waals surface area contributed by atoms with Gasteiger partial charge in [0.15, 0.2) is 0 Å². The molecule has 3 heterocycles. The van der Waals surface area contributed by atoms with Crippen LogP contribution in [-0.4, -0.2) is 33.4 Å². The van der Waals surface area contributed by atoms with Crippen LogP contribution in [-0.2, 0) is 6.54 Å². The number of aromatic amines is 1. The van der Waals surface area contributed by atoms with E-state index in [0.29, 0.717) is 12.6 Å². The molecule has 1 saturated heterocycles. The maximum Gasteiger partial charge on any atom is 0.111 e. The highest BCUT2D eigenvalue weighted by atomic mass is 15.2. The van der Waals surface area contributed by atoms with Crippen molar-refractivity contribution in [3.8, 4) is 0 Å². The number of nitrogens with one attached hydrogen (secondary N) is 1. The van der Waals surface area contributed by atoms with Gasteiger partial charge in [-0.2, -0.15) is 0 Å². The summed E-state index contributed by atoms with van der Waals surface area (Å²) in [7, 11) is 2.15. The first-order valence-corrected chi connectivity index (χ1v) is 6.03. The highest BCUT2D eigenvalue weighted by molar-refractivity contribution is 5.77. The lowest BCUT2D eigenvalue weighted by molar-refractivity contribution is 0.313. The average Bonchev–Trinajstić information content (AvgIpc) is 2.95. The molecule has 0 saturated carbocycles. The van der Waals surface area contributed by atoms with Crippen molar-refractivity contribution < 1.29 is 0 Å². The van der Waals surface area contributed by atoms with Gasteiger partial charge in [-0.1, -0.05) is 0 Å². The van der Waals surface area contributed by atoms with E-state index in [9.17, 15) is 0 Å². The van der Waals surface area contributed by atoms with Crippen molar-refractivity contribution in [2.75, 3.05) is 13.6 Å². The Morgan fingerprint density at radius 2 is 2.47 bits per heavy atom. The number of pyridine rings is 1. The molecule has 0 amide bonds. The Labute approximate surface area is 100 Å². The SMILES string of the molecule is CN1CCCC1c1nc(CN)cc2[nH]cnc12. The van der Waals surface area contributed by atoms with Crippen LogP contribution in [0.3, 0.4) is 0 Å². The number of hydrogen-bond acceptors (Lipinski definition) is 4. The smallest absolute Gasteiger partial charge is 0.111 e. The predicted molar refractivity (Wildman–Crippen MR) is 66.4 cm³/mol. The first-order valence-electron chi connectivity index (χ1n) is 6.03. The number of nitrogens with two attached hydrogens (primary N) is 1. The van der Waals surface area contributed by atoms with Gasteiger partial charge < -0.3 is 10.7 Å². The molecule has 1 unspecified atom stereocenters. The molecule has 3 N–H and O–H groups in total. The predicted octanol–water partition coefficient (Wildman–Crippen LogP) is 1.18. The molecule has 5 heteroatoms. The van der Waals surface area contributed by atoms with Gasteiger partial charge in [0.05, 0.1) is 29.3 Å². The lowest BCUT2D eigenvalue weighted by atomic mass is 10.1. The molecule has 0 radical (unpaired) electrons. The van der Waals surface area contributed by atoms with E-state index in [1.54, 1.807) is 6.33 Å². The van der Waals surface area contributed by atoms with E-state index < -0.39 is 0 Å². The summed E-state index contributed by atoms with van der Waals surface area (Å²) in [5.74, 6) is 0. The van der Waals surface area contributed by atoms with Crippen LogP contribution in [0, 0.1) is 0 Å². The topological polar surface area (TPSA) is 70.8 Å². The van der Waals surface area contributed by atoms with Gasteiger partial charge in [0.1, 0.15) is 5.52 Å². The second-order valence-corrected chi connectivity index (χ2v) is 4.64. The molecule has 1 aliphatic rings. The number of nitrogens with zero attached hydrogens (tertiary/aromatic N) is 3. The Balaban J connectivity index is 2.15. The summed E-state index contributed by atoms with van der Waals surface area (Å²) in [5, 5.41) is 0. The zero-order valence-electron chi connectivity index (χ0n) is 9.98. The second-order valence-electron chi connectivity index (χ2n) is 4.64. The van der Waals surface area contributed by atoms with Gasteiger partial charge in [0, 0.05) is 6.54 Å². The molecule has 0 spiro atoms. The third-order valence-corrected chi connectivity index (χ3v) is 3.53. The van der Waals surface area contributed by atoms with E-state index >= 15 is 0 Å². The van der Waals surface area contributed by atoms with Crippen molar-refractivity contribution >= 4 is 11.0 Å². The fourth-order valence-electron chi connectivity index (χ4n) is 2.62. The normalized spacial score (nSPS) is 21.4. The van der Waals surface area contributed by atoms with Crippen LogP contribution < -0.4 is 5.73 Å². The minimum Gasteiger partial charge on any atom is -0.344 e. The van der Waals surface area contributed by atoms with Gasteiger partial charge in [-0.25, -0.2) is 4.98 Å². The fourth-order valence-corrected chi connectivity index (χ4v) is 2.62.